The number of nitrogens with zero attached hydrogens (tertiary/aromatic N) is 2. The Morgan fingerprint density at radius 1 is 1.00 bits per heavy atom. The van der Waals surface area contributed by atoms with E-state index in [-0.39, 0.29) is 19.4 Å². The summed E-state index contributed by atoms with van der Waals surface area (Å²) in [5.41, 5.74) is -1.45. The Morgan fingerprint density at radius 2 is 1.68 bits per heavy atom. The summed E-state index contributed by atoms with van der Waals surface area (Å²) >= 11 is 0. The smallest absolute Gasteiger partial charge is 0.408 e. The number of ether oxygens (including phenoxy) is 4. The summed E-state index contributed by atoms with van der Waals surface area (Å²) in [5.74, 6) is -1.26. The van der Waals surface area contributed by atoms with Gasteiger partial charge in [-0.15, -0.1) is 6.58 Å². The lowest BCUT2D eigenvalue weighted by Gasteiger charge is -2.36. The predicted molar refractivity (Wildman–Crippen MR) is 219 cm³/mol. The molecule has 0 spiro atoms. The number of carbonyl (C=O) groups excluding carboxylic acids is 4. The minimum absolute atomic E-state index is 0.0484. The van der Waals surface area contributed by atoms with Crippen LogP contribution in [0.5, 0.6) is 17.2 Å². The number of fused-ring (bicyclic) bond motifs is 4. The van der Waals surface area contributed by atoms with Gasteiger partial charge in [-0.3, -0.25) is 19.1 Å². The van der Waals surface area contributed by atoms with Crippen molar-refractivity contribution in [2.75, 3.05) is 20.8 Å². The predicted octanol–water partition coefficient (Wildman–Crippen LogP) is 5.11. The second kappa shape index (κ2) is 14.9. The molecule has 0 unspecified atom stereocenters. The van der Waals surface area contributed by atoms with Crippen LogP contribution in [0.2, 0.25) is 0 Å². The Balaban J connectivity index is 1.27. The molecule has 1 aliphatic heterocycles. The second-order valence-electron chi connectivity index (χ2n) is 17.6. The molecule has 4 amide bonds. The van der Waals surface area contributed by atoms with E-state index in [2.05, 4.69) is 21.9 Å². The lowest BCUT2D eigenvalue weighted by atomic mass is 9.85. The van der Waals surface area contributed by atoms with Crippen molar-refractivity contribution in [3.8, 4) is 17.2 Å². The van der Waals surface area contributed by atoms with Crippen molar-refractivity contribution in [2.45, 2.75) is 102 Å². The van der Waals surface area contributed by atoms with Gasteiger partial charge in [-0.1, -0.05) is 26.8 Å². The van der Waals surface area contributed by atoms with Gasteiger partial charge >= 0.3 is 6.09 Å². The first-order valence-electron chi connectivity index (χ1n) is 19.5. The van der Waals surface area contributed by atoms with E-state index < -0.39 is 79.7 Å². The number of furan rings is 1. The standard InChI is InChI=1S/C42H51N5O11S/c1-10-22-20-42(22,38(50)46-59(52,53)26-13-14-26)45-36(48)30-19-25(21-47(30)37(49)35(40(2,3)4)44-39(51)58-41(5,6)7)56-33-27-15-11-24(55-9)18-29(27)43-32-28-17-23(54-8)12-16-31(28)57-34(32)33/h10-12,15-18,22,25-26,30,35H,1,13-14,19-21H2,2-9H3,(H,44,51)(H,45,48)(H,46,50)/t22-,25-,30+,35-,42-/m1/s1. The van der Waals surface area contributed by atoms with Crippen molar-refractivity contribution in [1.29, 1.82) is 0 Å². The third kappa shape index (κ3) is 8.21. The molecule has 4 aromatic rings. The van der Waals surface area contributed by atoms with Gasteiger partial charge in [0.05, 0.1) is 36.9 Å². The first-order chi connectivity index (χ1) is 27.7. The maximum absolute atomic E-state index is 14.8. The van der Waals surface area contributed by atoms with Crippen LogP contribution in [-0.4, -0.2) is 97.5 Å². The van der Waals surface area contributed by atoms with Crippen molar-refractivity contribution in [2.24, 2.45) is 11.3 Å². The van der Waals surface area contributed by atoms with Crippen LogP contribution in [-0.2, 0) is 29.1 Å². The number of methoxy groups -OCH3 is 2. The number of carbonyl (C=O) groups is 4. The van der Waals surface area contributed by atoms with E-state index in [4.69, 9.17) is 28.3 Å². The molecule has 59 heavy (non-hydrogen) atoms. The maximum atomic E-state index is 14.8. The Labute approximate surface area is 342 Å². The Morgan fingerprint density at radius 3 is 2.29 bits per heavy atom. The number of sulfonamides is 1. The molecule has 3 N–H and O–H groups in total. The summed E-state index contributed by atoms with van der Waals surface area (Å²) in [7, 11) is -0.834. The summed E-state index contributed by atoms with van der Waals surface area (Å²) in [6, 6.07) is 8.25. The van der Waals surface area contributed by atoms with Gasteiger partial charge in [0.2, 0.25) is 21.8 Å². The molecule has 316 valence electrons. The van der Waals surface area contributed by atoms with Crippen LogP contribution < -0.4 is 29.6 Å². The molecule has 2 aromatic heterocycles. The van der Waals surface area contributed by atoms with Gasteiger partial charge in [0.25, 0.3) is 5.91 Å². The highest BCUT2D eigenvalue weighted by Crippen LogP contribution is 2.46. The van der Waals surface area contributed by atoms with Gasteiger partial charge in [0.1, 0.15) is 51.9 Å². The number of rotatable bonds is 12. The summed E-state index contributed by atoms with van der Waals surface area (Å²) in [5, 5.41) is 6.11. The number of nitrogens with one attached hydrogen (secondary N) is 3. The molecule has 16 nitrogen and oxygen atoms in total. The van der Waals surface area contributed by atoms with Crippen LogP contribution >= 0.6 is 0 Å². The highest BCUT2D eigenvalue weighted by atomic mass is 32.2. The lowest BCUT2D eigenvalue weighted by Crippen LogP contribution is -2.60. The summed E-state index contributed by atoms with van der Waals surface area (Å²) in [4.78, 5) is 62.4. The average Bonchev–Trinajstić information content (AvgIpc) is 4.07. The third-order valence-corrected chi connectivity index (χ3v) is 12.7. The summed E-state index contributed by atoms with van der Waals surface area (Å²) in [6.07, 6.45) is 0.785. The molecular weight excluding hydrogens is 783 g/mol. The number of hydrogen-bond acceptors (Lipinski definition) is 12. The molecule has 2 aliphatic carbocycles. The fourth-order valence-corrected chi connectivity index (χ4v) is 8.90. The zero-order valence-corrected chi connectivity index (χ0v) is 35.3. The van der Waals surface area contributed by atoms with E-state index in [0.717, 1.165) is 0 Å². The fraction of sp³-hybridized carbons (Fsp3) is 0.500. The Bertz CT molecular complexity index is 2480. The summed E-state index contributed by atoms with van der Waals surface area (Å²) in [6.45, 7) is 14.1. The molecule has 7 rings (SSSR count). The number of aromatic nitrogens is 1. The number of pyridine rings is 1. The van der Waals surface area contributed by atoms with Crippen LogP contribution in [0.1, 0.15) is 67.2 Å². The first kappa shape index (κ1) is 41.6. The minimum Gasteiger partial charge on any atom is -0.497 e. The highest BCUT2D eigenvalue weighted by Gasteiger charge is 2.62. The lowest BCUT2D eigenvalue weighted by molar-refractivity contribution is -0.143. The van der Waals surface area contributed by atoms with E-state index in [0.29, 0.717) is 63.1 Å². The van der Waals surface area contributed by atoms with Crippen LogP contribution in [0.3, 0.4) is 0 Å². The number of hydrogen-bond donors (Lipinski definition) is 3. The normalized spacial score (nSPS) is 22.4. The second-order valence-corrected chi connectivity index (χ2v) is 19.5. The number of likely N-dealkylation sites (tertiary alicyclic amines) is 1. The molecular formula is C42H51N5O11S. The molecule has 3 fully saturated rings. The largest absolute Gasteiger partial charge is 0.497 e. The Hall–Kier alpha value is -5.58. The quantitative estimate of drug-likeness (QED) is 0.159. The topological polar surface area (TPSA) is 205 Å². The molecule has 3 heterocycles. The number of benzene rings is 2. The minimum atomic E-state index is -3.94. The van der Waals surface area contributed by atoms with Crippen molar-refractivity contribution in [3.63, 3.8) is 0 Å². The maximum Gasteiger partial charge on any atom is 0.408 e. The van der Waals surface area contributed by atoms with Gasteiger partial charge in [0.15, 0.2) is 11.3 Å². The molecule has 2 aromatic carbocycles. The van der Waals surface area contributed by atoms with Gasteiger partial charge in [0, 0.05) is 23.8 Å². The fourth-order valence-electron chi connectivity index (χ4n) is 7.54. The van der Waals surface area contributed by atoms with Crippen LogP contribution in [0.4, 0.5) is 4.79 Å². The zero-order chi connectivity index (χ0) is 42.8. The number of alkyl carbamates (subject to hydrolysis) is 1. The Kier molecular flexibility index (Phi) is 10.5. The summed E-state index contributed by atoms with van der Waals surface area (Å²) < 4.78 is 57.5. The first-order valence-corrected chi connectivity index (χ1v) is 21.1. The van der Waals surface area contributed by atoms with Crippen molar-refractivity contribution < 1.29 is 51.0 Å². The zero-order valence-electron chi connectivity index (χ0n) is 34.5. The average molecular weight is 834 g/mol. The molecule has 2 saturated carbocycles. The molecule has 1 saturated heterocycles. The van der Waals surface area contributed by atoms with Gasteiger partial charge in [-0.2, -0.15) is 0 Å². The highest BCUT2D eigenvalue weighted by molar-refractivity contribution is 7.91. The number of amides is 4. The van der Waals surface area contributed by atoms with Gasteiger partial charge in [-0.25, -0.2) is 18.2 Å². The van der Waals surface area contributed by atoms with Crippen molar-refractivity contribution in [1.82, 2.24) is 25.2 Å². The van der Waals surface area contributed by atoms with Gasteiger partial charge < -0.3 is 38.9 Å². The van der Waals surface area contributed by atoms with E-state index in [1.165, 1.54) is 11.0 Å². The van der Waals surface area contributed by atoms with Crippen LogP contribution in [0, 0.1) is 11.3 Å². The van der Waals surface area contributed by atoms with E-state index in [9.17, 15) is 27.6 Å². The molecule has 0 bridgehead atoms. The van der Waals surface area contributed by atoms with Crippen molar-refractivity contribution in [3.05, 3.63) is 49.1 Å². The van der Waals surface area contributed by atoms with Gasteiger partial charge in [-0.05, 0) is 75.8 Å². The van der Waals surface area contributed by atoms with Crippen molar-refractivity contribution >= 4 is 66.8 Å². The van der Waals surface area contributed by atoms with Crippen LogP contribution in [0.25, 0.3) is 33.0 Å². The SMILES string of the molecule is C=C[C@@H]1C[C@]1(NC(=O)[C@@H]1C[C@@H](Oc2c3ccc(OC)cc3nc3c2oc2ccc(OC)cc23)CN1C(=O)[C@@H](NC(=O)OC(C)(C)C)C(C)(C)C)C(=O)NS(=O)(=O)C1CC1. The monoisotopic (exact) mass is 833 g/mol. The van der Waals surface area contributed by atoms with E-state index in [1.807, 2.05) is 0 Å². The van der Waals surface area contributed by atoms with E-state index in [1.54, 1.807) is 92.2 Å². The van der Waals surface area contributed by atoms with E-state index >= 15 is 0 Å². The third-order valence-electron chi connectivity index (χ3n) is 10.9. The molecule has 5 atom stereocenters. The van der Waals surface area contributed by atoms with Crippen LogP contribution in [0.15, 0.2) is 53.5 Å². The molecule has 3 aliphatic rings. The molecule has 17 heteroatoms. The molecule has 0 radical (unpaired) electrons.